The van der Waals surface area contributed by atoms with Gasteiger partial charge < -0.3 is 9.72 Å². The number of H-pyrrole nitrogens is 1. The van der Waals surface area contributed by atoms with Gasteiger partial charge in [-0.15, -0.1) is 0 Å². The van der Waals surface area contributed by atoms with Gasteiger partial charge in [0, 0.05) is 16.8 Å². The van der Waals surface area contributed by atoms with Crippen molar-refractivity contribution in [2.45, 2.75) is 33.7 Å². The molecule has 0 saturated carbocycles. The van der Waals surface area contributed by atoms with Crippen molar-refractivity contribution in [3.63, 3.8) is 0 Å². The van der Waals surface area contributed by atoms with E-state index in [0.29, 0.717) is 45.8 Å². The molecule has 3 rings (SSSR count). The average Bonchev–Trinajstić information content (AvgIpc) is 3.33. The molecule has 8 nitrogen and oxygen atoms in total. The van der Waals surface area contributed by atoms with Crippen molar-refractivity contribution in [2.75, 3.05) is 7.11 Å². The number of Topliss-reactive ketones (excluding diaryl/α,β-unsaturated/α-hetero) is 2. The number of ketones is 2. The summed E-state index contributed by atoms with van der Waals surface area (Å²) in [4.78, 5) is 40.3. The number of hydrogen-bond acceptors (Lipinski definition) is 6. The fraction of sp³-hybridized carbons (Fsp3) is 0.261. The number of esters is 1. The standard InChI is InChI=1S/C23H22N4O4/c1-5-16-21(14(3)28)13(2)25-22(16)20(29)12-27-19(10-18(26-27)23(30)31-4)17-9-7-6-8-15(17)11-24/h6-10,25H,5,12H2,1-4H3. The molecule has 0 amide bonds. The predicted molar refractivity (Wildman–Crippen MR) is 113 cm³/mol. The summed E-state index contributed by atoms with van der Waals surface area (Å²) in [6.07, 6.45) is 0.511. The van der Waals surface area contributed by atoms with Crippen LogP contribution in [0.15, 0.2) is 30.3 Å². The quantitative estimate of drug-likeness (QED) is 0.463. The van der Waals surface area contributed by atoms with Crippen molar-refractivity contribution < 1.29 is 19.1 Å². The van der Waals surface area contributed by atoms with Crippen LogP contribution >= 0.6 is 0 Å². The number of nitrogens with one attached hydrogen (secondary N) is 1. The second-order valence-electron chi connectivity index (χ2n) is 7.03. The van der Waals surface area contributed by atoms with Crippen LogP contribution in [0, 0.1) is 18.3 Å². The summed E-state index contributed by atoms with van der Waals surface area (Å²) in [5, 5.41) is 13.7. The molecule has 0 aliphatic heterocycles. The van der Waals surface area contributed by atoms with E-state index in [0.717, 1.165) is 0 Å². The van der Waals surface area contributed by atoms with E-state index in [9.17, 15) is 19.6 Å². The van der Waals surface area contributed by atoms with Gasteiger partial charge >= 0.3 is 5.97 Å². The van der Waals surface area contributed by atoms with E-state index in [1.165, 1.54) is 24.8 Å². The van der Waals surface area contributed by atoms with Crippen LogP contribution in [-0.4, -0.2) is 39.4 Å². The Morgan fingerprint density at radius 1 is 1.26 bits per heavy atom. The molecule has 0 fully saturated rings. The summed E-state index contributed by atoms with van der Waals surface area (Å²) in [6, 6.07) is 10.5. The smallest absolute Gasteiger partial charge is 0.358 e. The summed E-state index contributed by atoms with van der Waals surface area (Å²) in [5.74, 6) is -1.05. The molecule has 0 unspecified atom stereocenters. The second-order valence-corrected chi connectivity index (χ2v) is 7.03. The Balaban J connectivity index is 2.10. The van der Waals surface area contributed by atoms with E-state index in [1.807, 2.05) is 6.92 Å². The number of carbonyl (C=O) groups excluding carboxylic acids is 3. The van der Waals surface area contributed by atoms with Crippen LogP contribution in [0.25, 0.3) is 11.3 Å². The lowest BCUT2D eigenvalue weighted by Gasteiger charge is -2.09. The van der Waals surface area contributed by atoms with E-state index < -0.39 is 5.97 Å². The maximum Gasteiger partial charge on any atom is 0.358 e. The normalized spacial score (nSPS) is 10.5. The molecule has 0 saturated heterocycles. The molecule has 2 heterocycles. The third-order valence-electron chi connectivity index (χ3n) is 5.07. The maximum atomic E-state index is 13.2. The summed E-state index contributed by atoms with van der Waals surface area (Å²) in [7, 11) is 1.24. The van der Waals surface area contributed by atoms with E-state index in [-0.39, 0.29) is 23.8 Å². The Hall–Kier alpha value is -3.99. The Bertz CT molecular complexity index is 1230. The number of aromatic nitrogens is 3. The summed E-state index contributed by atoms with van der Waals surface area (Å²) < 4.78 is 6.14. The first kappa shape index (κ1) is 21.7. The molecule has 8 heteroatoms. The van der Waals surface area contributed by atoms with Crippen LogP contribution in [0.2, 0.25) is 0 Å². The fourth-order valence-corrected chi connectivity index (χ4v) is 3.72. The monoisotopic (exact) mass is 418 g/mol. The maximum absolute atomic E-state index is 13.2. The zero-order valence-electron chi connectivity index (χ0n) is 17.8. The number of hydrogen-bond donors (Lipinski definition) is 1. The zero-order chi connectivity index (χ0) is 22.7. The number of methoxy groups -OCH3 is 1. The van der Waals surface area contributed by atoms with Crippen molar-refractivity contribution >= 4 is 17.5 Å². The number of ether oxygens (including phenoxy) is 1. The Labute approximate surface area is 179 Å². The molecular weight excluding hydrogens is 396 g/mol. The molecule has 31 heavy (non-hydrogen) atoms. The first-order valence-electron chi connectivity index (χ1n) is 9.73. The van der Waals surface area contributed by atoms with Crippen LogP contribution < -0.4 is 0 Å². The van der Waals surface area contributed by atoms with Gasteiger partial charge in [0.2, 0.25) is 5.78 Å². The van der Waals surface area contributed by atoms with Gasteiger partial charge in [-0.1, -0.05) is 25.1 Å². The van der Waals surface area contributed by atoms with Gasteiger partial charge in [-0.25, -0.2) is 4.79 Å². The lowest BCUT2D eigenvalue weighted by molar-refractivity contribution is 0.0592. The first-order valence-corrected chi connectivity index (χ1v) is 9.73. The minimum atomic E-state index is -0.647. The molecule has 158 valence electrons. The molecule has 0 radical (unpaired) electrons. The van der Waals surface area contributed by atoms with Crippen LogP contribution in [0.1, 0.15) is 62.0 Å². The SMILES string of the molecule is CCc1c(C(=O)Cn2nc(C(=O)OC)cc2-c2ccccc2C#N)[nH]c(C)c1C(C)=O. The average molecular weight is 418 g/mol. The molecule has 0 spiro atoms. The van der Waals surface area contributed by atoms with Crippen molar-refractivity contribution in [3.8, 4) is 17.3 Å². The molecule has 1 aromatic carbocycles. The highest BCUT2D eigenvalue weighted by Crippen LogP contribution is 2.26. The topological polar surface area (TPSA) is 118 Å². The van der Waals surface area contributed by atoms with Gasteiger partial charge in [-0.2, -0.15) is 10.4 Å². The van der Waals surface area contributed by atoms with Gasteiger partial charge in [0.05, 0.1) is 30.1 Å². The number of nitriles is 1. The number of nitrogens with zero attached hydrogens (tertiary/aromatic N) is 3. The van der Waals surface area contributed by atoms with Crippen molar-refractivity contribution in [1.29, 1.82) is 5.26 Å². The van der Waals surface area contributed by atoms with Gasteiger partial charge in [0.15, 0.2) is 11.5 Å². The van der Waals surface area contributed by atoms with Crippen LogP contribution in [0.3, 0.4) is 0 Å². The van der Waals surface area contributed by atoms with E-state index >= 15 is 0 Å². The Morgan fingerprint density at radius 3 is 2.58 bits per heavy atom. The van der Waals surface area contributed by atoms with Gasteiger partial charge in [-0.3, -0.25) is 14.3 Å². The highest BCUT2D eigenvalue weighted by Gasteiger charge is 2.24. The highest BCUT2D eigenvalue weighted by molar-refractivity contribution is 6.03. The minimum absolute atomic E-state index is 0.0286. The highest BCUT2D eigenvalue weighted by atomic mass is 16.5. The Morgan fingerprint density at radius 2 is 1.97 bits per heavy atom. The van der Waals surface area contributed by atoms with E-state index in [4.69, 9.17) is 4.74 Å². The number of rotatable bonds is 7. The number of aromatic amines is 1. The molecule has 0 atom stereocenters. The van der Waals surface area contributed by atoms with Crippen molar-refractivity contribution in [1.82, 2.24) is 14.8 Å². The van der Waals surface area contributed by atoms with E-state index in [1.54, 1.807) is 31.2 Å². The number of carbonyl (C=O) groups is 3. The summed E-state index contributed by atoms with van der Waals surface area (Å²) in [6.45, 7) is 4.92. The van der Waals surface area contributed by atoms with Crippen molar-refractivity contribution in [3.05, 3.63) is 64.1 Å². The molecule has 1 N–H and O–H groups in total. The molecule has 3 aromatic rings. The van der Waals surface area contributed by atoms with Crippen LogP contribution in [0.5, 0.6) is 0 Å². The minimum Gasteiger partial charge on any atom is -0.464 e. The molecule has 0 aliphatic carbocycles. The van der Waals surface area contributed by atoms with E-state index in [2.05, 4.69) is 16.2 Å². The third-order valence-corrected chi connectivity index (χ3v) is 5.07. The van der Waals surface area contributed by atoms with Gasteiger partial charge in [0.1, 0.15) is 6.54 Å². The van der Waals surface area contributed by atoms with Gasteiger partial charge in [0.25, 0.3) is 0 Å². The number of aryl methyl sites for hydroxylation is 1. The summed E-state index contributed by atoms with van der Waals surface area (Å²) in [5.41, 5.74) is 3.57. The summed E-state index contributed by atoms with van der Waals surface area (Å²) >= 11 is 0. The largest absolute Gasteiger partial charge is 0.464 e. The van der Waals surface area contributed by atoms with Crippen LogP contribution in [0.4, 0.5) is 0 Å². The molecule has 2 aromatic heterocycles. The number of benzene rings is 1. The first-order chi connectivity index (χ1) is 14.8. The molecular formula is C23H22N4O4. The molecule has 0 aliphatic rings. The predicted octanol–water partition coefficient (Wildman–Crippen LogP) is 3.49. The third kappa shape index (κ3) is 4.03. The second kappa shape index (κ2) is 8.79. The Kier molecular flexibility index (Phi) is 6.16. The van der Waals surface area contributed by atoms with Crippen LogP contribution in [-0.2, 0) is 17.7 Å². The van der Waals surface area contributed by atoms with Crippen molar-refractivity contribution in [2.24, 2.45) is 0 Å². The zero-order valence-corrected chi connectivity index (χ0v) is 17.8. The lowest BCUT2D eigenvalue weighted by Crippen LogP contribution is -2.16. The molecule has 0 bridgehead atoms. The fourth-order valence-electron chi connectivity index (χ4n) is 3.72. The van der Waals surface area contributed by atoms with Gasteiger partial charge in [-0.05, 0) is 38.0 Å². The lowest BCUT2D eigenvalue weighted by atomic mass is 10.0.